The molecule has 0 aromatic heterocycles. The van der Waals surface area contributed by atoms with Gasteiger partial charge in [-0.1, -0.05) is 12.1 Å². The lowest BCUT2D eigenvalue weighted by molar-refractivity contribution is 0.0601. The summed E-state index contributed by atoms with van der Waals surface area (Å²) in [6, 6.07) is 13.4. The molecule has 0 atom stereocenters. The van der Waals surface area contributed by atoms with Gasteiger partial charge < -0.3 is 15.2 Å². The van der Waals surface area contributed by atoms with E-state index in [2.05, 4.69) is 20.6 Å². The van der Waals surface area contributed by atoms with Crippen molar-refractivity contribution in [2.45, 2.75) is 0 Å². The number of anilines is 1. The molecule has 2 aromatic carbocycles. The zero-order valence-corrected chi connectivity index (χ0v) is 13.1. The van der Waals surface area contributed by atoms with Crippen molar-refractivity contribution in [2.24, 2.45) is 5.10 Å². The van der Waals surface area contributed by atoms with Gasteiger partial charge in [-0.05, 0) is 54.2 Å². The van der Waals surface area contributed by atoms with E-state index in [0.29, 0.717) is 16.4 Å². The molecule has 0 bridgehead atoms. The number of ether oxygens (including phenoxy) is 1. The lowest BCUT2D eigenvalue weighted by Crippen LogP contribution is -2.23. The van der Waals surface area contributed by atoms with Crippen LogP contribution in [0.3, 0.4) is 0 Å². The third kappa shape index (κ3) is 5.08. The van der Waals surface area contributed by atoms with E-state index in [0.717, 1.165) is 5.56 Å². The number of benzene rings is 2. The number of thiocarbonyl (C=S) groups is 1. The second-order valence-corrected chi connectivity index (χ2v) is 4.90. The zero-order chi connectivity index (χ0) is 16.7. The van der Waals surface area contributed by atoms with Crippen molar-refractivity contribution in [3.05, 3.63) is 59.7 Å². The Balaban J connectivity index is 1.88. The van der Waals surface area contributed by atoms with Gasteiger partial charge in [0.25, 0.3) is 0 Å². The molecule has 6 nitrogen and oxygen atoms in total. The van der Waals surface area contributed by atoms with Crippen LogP contribution in [0.4, 0.5) is 5.69 Å². The van der Waals surface area contributed by atoms with E-state index in [1.807, 2.05) is 0 Å². The molecule has 23 heavy (non-hydrogen) atoms. The number of nitrogens with one attached hydrogen (secondary N) is 2. The molecule has 2 aromatic rings. The summed E-state index contributed by atoms with van der Waals surface area (Å²) in [5.74, 6) is -0.228. The standard InChI is InChI=1S/C16H15N3O3S/c1-22-15(21)12-5-7-13(8-6-12)18-16(23)19-17-10-11-3-2-4-14(20)9-11/h2-10,20H,1H3,(H2,18,19,23)/b17-10+. The van der Waals surface area contributed by atoms with Crippen molar-refractivity contribution in [2.75, 3.05) is 12.4 Å². The zero-order valence-electron chi connectivity index (χ0n) is 12.3. The summed E-state index contributed by atoms with van der Waals surface area (Å²) < 4.78 is 4.63. The quantitative estimate of drug-likeness (QED) is 0.346. The molecule has 0 heterocycles. The largest absolute Gasteiger partial charge is 0.508 e. The van der Waals surface area contributed by atoms with Crippen LogP contribution in [0.2, 0.25) is 0 Å². The van der Waals surface area contributed by atoms with Crippen LogP contribution in [-0.2, 0) is 4.74 Å². The first-order chi connectivity index (χ1) is 11.1. The van der Waals surface area contributed by atoms with Crippen molar-refractivity contribution < 1.29 is 14.6 Å². The topological polar surface area (TPSA) is 83.0 Å². The maximum atomic E-state index is 11.3. The smallest absolute Gasteiger partial charge is 0.337 e. The number of esters is 1. The lowest BCUT2D eigenvalue weighted by atomic mass is 10.2. The molecule has 7 heteroatoms. The van der Waals surface area contributed by atoms with E-state index >= 15 is 0 Å². The fourth-order valence-corrected chi connectivity index (χ4v) is 1.91. The van der Waals surface area contributed by atoms with Gasteiger partial charge in [0.05, 0.1) is 18.9 Å². The average molecular weight is 329 g/mol. The molecule has 0 fully saturated rings. The summed E-state index contributed by atoms with van der Waals surface area (Å²) in [5.41, 5.74) is 4.57. The molecule has 2 rings (SSSR count). The third-order valence-corrected chi connectivity index (χ3v) is 3.01. The van der Waals surface area contributed by atoms with Gasteiger partial charge in [-0.15, -0.1) is 0 Å². The van der Waals surface area contributed by atoms with E-state index < -0.39 is 5.97 Å². The maximum Gasteiger partial charge on any atom is 0.337 e. The SMILES string of the molecule is COC(=O)c1ccc(NC(=S)N/N=C/c2cccc(O)c2)cc1. The predicted octanol–water partition coefficient (Wildman–Crippen LogP) is 2.50. The van der Waals surface area contributed by atoms with Gasteiger partial charge in [-0.2, -0.15) is 5.10 Å². The number of carbonyl (C=O) groups is 1. The van der Waals surface area contributed by atoms with Crippen molar-refractivity contribution in [3.63, 3.8) is 0 Å². The van der Waals surface area contributed by atoms with Crippen LogP contribution >= 0.6 is 12.2 Å². The highest BCUT2D eigenvalue weighted by Gasteiger charge is 2.04. The Kier molecular flexibility index (Phi) is 5.65. The molecule has 0 aliphatic carbocycles. The Labute approximate surface area is 138 Å². The molecule has 0 aliphatic rings. The molecule has 0 saturated carbocycles. The van der Waals surface area contributed by atoms with E-state index in [1.165, 1.54) is 13.3 Å². The number of hydrogen-bond acceptors (Lipinski definition) is 5. The van der Waals surface area contributed by atoms with Gasteiger partial charge in [0.1, 0.15) is 5.75 Å². The van der Waals surface area contributed by atoms with E-state index in [9.17, 15) is 9.90 Å². The van der Waals surface area contributed by atoms with Gasteiger partial charge in [0.15, 0.2) is 5.11 Å². The summed E-state index contributed by atoms with van der Waals surface area (Å²) in [6.07, 6.45) is 1.54. The first-order valence-electron chi connectivity index (χ1n) is 6.66. The molecule has 118 valence electrons. The highest BCUT2D eigenvalue weighted by atomic mass is 32.1. The Hall–Kier alpha value is -2.93. The number of methoxy groups -OCH3 is 1. The molecule has 0 unspecified atom stereocenters. The predicted molar refractivity (Wildman–Crippen MR) is 92.8 cm³/mol. The lowest BCUT2D eigenvalue weighted by Gasteiger charge is -2.07. The number of hydrogen-bond donors (Lipinski definition) is 3. The summed E-state index contributed by atoms with van der Waals surface area (Å²) in [6.45, 7) is 0. The minimum atomic E-state index is -0.395. The van der Waals surface area contributed by atoms with Crippen LogP contribution in [0.1, 0.15) is 15.9 Å². The van der Waals surface area contributed by atoms with Crippen LogP contribution in [0, 0.1) is 0 Å². The summed E-state index contributed by atoms with van der Waals surface area (Å²) in [5, 5.41) is 16.5. The number of hydrazone groups is 1. The first-order valence-corrected chi connectivity index (χ1v) is 7.07. The summed E-state index contributed by atoms with van der Waals surface area (Å²) in [4.78, 5) is 11.3. The Bertz CT molecular complexity index is 730. The third-order valence-electron chi connectivity index (χ3n) is 2.81. The number of aromatic hydroxyl groups is 1. The molecule has 0 radical (unpaired) electrons. The molecule has 3 N–H and O–H groups in total. The fourth-order valence-electron chi connectivity index (χ4n) is 1.74. The summed E-state index contributed by atoms with van der Waals surface area (Å²) >= 11 is 5.11. The minimum absolute atomic E-state index is 0.167. The fraction of sp³-hybridized carbons (Fsp3) is 0.0625. The second-order valence-electron chi connectivity index (χ2n) is 4.49. The highest BCUT2D eigenvalue weighted by Crippen LogP contribution is 2.10. The van der Waals surface area contributed by atoms with E-state index in [-0.39, 0.29) is 5.75 Å². The Morgan fingerprint density at radius 3 is 2.65 bits per heavy atom. The minimum Gasteiger partial charge on any atom is -0.508 e. The number of phenolic OH excluding ortho intramolecular Hbond substituents is 1. The molecular formula is C16H15N3O3S. The van der Waals surface area contributed by atoms with Crippen LogP contribution in [0.5, 0.6) is 5.75 Å². The van der Waals surface area contributed by atoms with Crippen LogP contribution in [0.25, 0.3) is 0 Å². The van der Waals surface area contributed by atoms with Gasteiger partial charge in [-0.3, -0.25) is 5.43 Å². The number of phenols is 1. The van der Waals surface area contributed by atoms with E-state index in [1.54, 1.807) is 48.5 Å². The Morgan fingerprint density at radius 2 is 2.00 bits per heavy atom. The normalized spacial score (nSPS) is 10.3. The van der Waals surface area contributed by atoms with Crippen molar-refractivity contribution in [1.82, 2.24) is 5.43 Å². The van der Waals surface area contributed by atoms with E-state index in [4.69, 9.17) is 12.2 Å². The molecule has 0 aliphatic heterocycles. The number of rotatable bonds is 4. The van der Waals surface area contributed by atoms with Gasteiger partial charge >= 0.3 is 5.97 Å². The molecule has 0 spiro atoms. The van der Waals surface area contributed by atoms with Gasteiger partial charge in [-0.25, -0.2) is 4.79 Å². The first kappa shape index (κ1) is 16.4. The number of nitrogens with zero attached hydrogens (tertiary/aromatic N) is 1. The highest BCUT2D eigenvalue weighted by molar-refractivity contribution is 7.80. The van der Waals surface area contributed by atoms with Crippen LogP contribution < -0.4 is 10.7 Å². The van der Waals surface area contributed by atoms with Crippen molar-refractivity contribution in [1.29, 1.82) is 0 Å². The Morgan fingerprint density at radius 1 is 1.26 bits per heavy atom. The van der Waals surface area contributed by atoms with Crippen LogP contribution in [0.15, 0.2) is 53.6 Å². The van der Waals surface area contributed by atoms with Gasteiger partial charge in [0, 0.05) is 5.69 Å². The molecule has 0 amide bonds. The summed E-state index contributed by atoms with van der Waals surface area (Å²) in [7, 11) is 1.33. The average Bonchev–Trinajstić information content (AvgIpc) is 2.55. The maximum absolute atomic E-state index is 11.3. The van der Waals surface area contributed by atoms with Crippen molar-refractivity contribution in [3.8, 4) is 5.75 Å². The molecular weight excluding hydrogens is 314 g/mol. The van der Waals surface area contributed by atoms with Crippen molar-refractivity contribution >= 4 is 35.2 Å². The molecule has 0 saturated heterocycles. The van der Waals surface area contributed by atoms with Gasteiger partial charge in [0.2, 0.25) is 0 Å². The monoisotopic (exact) mass is 329 g/mol. The number of carbonyl (C=O) groups excluding carboxylic acids is 1. The van der Waals surface area contributed by atoms with Crippen LogP contribution in [-0.4, -0.2) is 29.5 Å². The second kappa shape index (κ2) is 7.90.